The molecule has 29 heavy (non-hydrogen) atoms. The van der Waals surface area contributed by atoms with Crippen molar-refractivity contribution in [2.75, 3.05) is 18.4 Å². The molecule has 0 radical (unpaired) electrons. The number of aliphatic hydroxyl groups is 1. The maximum Gasteiger partial charge on any atom is 0.420 e. The molecule has 1 saturated heterocycles. The Morgan fingerprint density at radius 3 is 2.76 bits per heavy atom. The predicted octanol–water partition coefficient (Wildman–Crippen LogP) is 2.08. The Bertz CT molecular complexity index is 1020. The average Bonchev–Trinajstić information content (AvgIpc) is 3.12. The van der Waals surface area contributed by atoms with Crippen molar-refractivity contribution < 1.29 is 22.7 Å². The van der Waals surface area contributed by atoms with Crippen molar-refractivity contribution in [1.29, 1.82) is 0 Å². The van der Waals surface area contributed by atoms with Crippen molar-refractivity contribution >= 4 is 11.6 Å². The van der Waals surface area contributed by atoms with Gasteiger partial charge in [0.15, 0.2) is 17.6 Å². The highest BCUT2D eigenvalue weighted by Crippen LogP contribution is 2.32. The monoisotopic (exact) mass is 411 g/mol. The zero-order valence-electron chi connectivity index (χ0n) is 15.0. The van der Waals surface area contributed by atoms with E-state index in [4.69, 9.17) is 0 Å². The number of piperidine rings is 1. The Hall–Kier alpha value is -2.86. The summed E-state index contributed by atoms with van der Waals surface area (Å²) in [6.45, 7) is 1.64. The molecule has 0 bridgehead atoms. The minimum Gasteiger partial charge on any atom is -0.378 e. The molecule has 4 rings (SSSR count). The average molecular weight is 411 g/mol. The number of aliphatic hydroxyl groups excluding tert-OH is 1. The normalized spacial score (nSPS) is 18.7. The second-order valence-electron chi connectivity index (χ2n) is 6.71. The van der Waals surface area contributed by atoms with Crippen molar-refractivity contribution in [2.24, 2.45) is 0 Å². The van der Waals surface area contributed by atoms with Gasteiger partial charge in [-0.05, 0) is 19.4 Å². The van der Waals surface area contributed by atoms with E-state index >= 15 is 0 Å². The van der Waals surface area contributed by atoms with Gasteiger partial charge in [0.1, 0.15) is 5.69 Å². The Labute approximate surface area is 162 Å². The topological polar surface area (TPSA) is 100 Å². The molecular formula is C17H17F4N7O. The Morgan fingerprint density at radius 1 is 1.21 bits per heavy atom. The maximum absolute atomic E-state index is 14.4. The number of rotatable bonds is 4. The minimum absolute atomic E-state index is 0.0852. The lowest BCUT2D eigenvalue weighted by Crippen LogP contribution is -2.38. The number of nitrogens with one attached hydrogen (secondary N) is 2. The summed E-state index contributed by atoms with van der Waals surface area (Å²) in [7, 11) is 0. The summed E-state index contributed by atoms with van der Waals surface area (Å²) >= 11 is 0. The third-order valence-electron chi connectivity index (χ3n) is 4.62. The van der Waals surface area contributed by atoms with Gasteiger partial charge in [-0.25, -0.2) is 19.3 Å². The van der Waals surface area contributed by atoms with Crippen LogP contribution < -0.4 is 10.6 Å². The first kappa shape index (κ1) is 19.5. The van der Waals surface area contributed by atoms with Crippen molar-refractivity contribution in [3.63, 3.8) is 0 Å². The largest absolute Gasteiger partial charge is 0.420 e. The molecule has 1 aliphatic rings. The van der Waals surface area contributed by atoms with E-state index in [1.807, 2.05) is 0 Å². The molecule has 3 N–H and O–H groups in total. The SMILES string of the molecule is OC(c1cn2c(-c3nc(NC4CCCNC4)ncc3F)cnc2cn1)C(F)(F)F. The Morgan fingerprint density at radius 2 is 2.03 bits per heavy atom. The molecule has 0 aliphatic carbocycles. The summed E-state index contributed by atoms with van der Waals surface area (Å²) in [6.07, 6.45) is -1.46. The molecule has 0 saturated carbocycles. The highest BCUT2D eigenvalue weighted by Gasteiger charge is 2.40. The maximum atomic E-state index is 14.4. The molecule has 8 nitrogen and oxygen atoms in total. The molecule has 2 unspecified atom stereocenters. The Kier molecular flexibility index (Phi) is 5.04. The van der Waals surface area contributed by atoms with Gasteiger partial charge in [0.25, 0.3) is 0 Å². The molecule has 0 amide bonds. The molecule has 3 aromatic rings. The van der Waals surface area contributed by atoms with Gasteiger partial charge < -0.3 is 15.7 Å². The molecule has 12 heteroatoms. The molecule has 1 fully saturated rings. The molecule has 1 aliphatic heterocycles. The van der Waals surface area contributed by atoms with Crippen molar-refractivity contribution in [3.05, 3.63) is 36.3 Å². The fourth-order valence-corrected chi connectivity index (χ4v) is 3.16. The van der Waals surface area contributed by atoms with Gasteiger partial charge in [-0.15, -0.1) is 0 Å². The van der Waals surface area contributed by atoms with Crippen LogP contribution in [-0.4, -0.2) is 54.8 Å². The number of fused-ring (bicyclic) bond motifs is 1. The number of hydrogen-bond donors (Lipinski definition) is 3. The molecule has 0 aromatic carbocycles. The summed E-state index contributed by atoms with van der Waals surface area (Å²) in [5, 5.41) is 15.8. The van der Waals surface area contributed by atoms with Gasteiger partial charge in [0, 0.05) is 18.8 Å². The van der Waals surface area contributed by atoms with Crippen LogP contribution in [0.1, 0.15) is 24.6 Å². The second-order valence-corrected chi connectivity index (χ2v) is 6.71. The Balaban J connectivity index is 1.71. The third-order valence-corrected chi connectivity index (χ3v) is 4.62. The summed E-state index contributed by atoms with van der Waals surface area (Å²) in [5.74, 6) is -0.552. The summed E-state index contributed by atoms with van der Waals surface area (Å²) in [6, 6.07) is 0.0852. The van der Waals surface area contributed by atoms with E-state index in [0.717, 1.165) is 44.5 Å². The van der Waals surface area contributed by atoms with Crippen LogP contribution in [0.15, 0.2) is 24.8 Å². The first-order valence-electron chi connectivity index (χ1n) is 8.91. The van der Waals surface area contributed by atoms with Crippen LogP contribution in [0.25, 0.3) is 17.0 Å². The first-order valence-corrected chi connectivity index (χ1v) is 8.91. The minimum atomic E-state index is -4.88. The summed E-state index contributed by atoms with van der Waals surface area (Å²) in [5.41, 5.74) is -0.465. The number of hydrogen-bond acceptors (Lipinski definition) is 7. The van der Waals surface area contributed by atoms with Crippen LogP contribution in [0.5, 0.6) is 0 Å². The molecule has 4 heterocycles. The quantitative estimate of drug-likeness (QED) is 0.565. The zero-order chi connectivity index (χ0) is 20.6. The van der Waals surface area contributed by atoms with Crippen molar-refractivity contribution in [3.8, 4) is 11.4 Å². The number of nitrogens with zero attached hydrogens (tertiary/aromatic N) is 5. The zero-order valence-corrected chi connectivity index (χ0v) is 15.0. The highest BCUT2D eigenvalue weighted by atomic mass is 19.4. The van der Waals surface area contributed by atoms with Crippen LogP contribution in [0, 0.1) is 5.82 Å². The van der Waals surface area contributed by atoms with Gasteiger partial charge in [0.2, 0.25) is 5.95 Å². The number of halogens is 4. The van der Waals surface area contributed by atoms with Gasteiger partial charge in [-0.2, -0.15) is 13.2 Å². The van der Waals surface area contributed by atoms with E-state index in [-0.39, 0.29) is 29.0 Å². The van der Waals surface area contributed by atoms with E-state index in [2.05, 4.69) is 30.6 Å². The highest BCUT2D eigenvalue weighted by molar-refractivity contribution is 5.61. The van der Waals surface area contributed by atoms with Crippen molar-refractivity contribution in [2.45, 2.75) is 31.2 Å². The van der Waals surface area contributed by atoms with Gasteiger partial charge in [-0.3, -0.25) is 9.38 Å². The summed E-state index contributed by atoms with van der Waals surface area (Å²) < 4.78 is 54.1. The van der Waals surface area contributed by atoms with E-state index < -0.39 is 23.8 Å². The predicted molar refractivity (Wildman–Crippen MR) is 94.5 cm³/mol. The lowest BCUT2D eigenvalue weighted by molar-refractivity contribution is -0.208. The third kappa shape index (κ3) is 3.98. The smallest absolute Gasteiger partial charge is 0.378 e. The van der Waals surface area contributed by atoms with Gasteiger partial charge in [-0.1, -0.05) is 0 Å². The molecule has 3 aromatic heterocycles. The van der Waals surface area contributed by atoms with E-state index in [1.165, 1.54) is 10.6 Å². The number of aromatic nitrogens is 5. The molecule has 154 valence electrons. The van der Waals surface area contributed by atoms with Crippen LogP contribution >= 0.6 is 0 Å². The fourth-order valence-electron chi connectivity index (χ4n) is 3.16. The first-order chi connectivity index (χ1) is 13.8. The number of imidazole rings is 1. The van der Waals surface area contributed by atoms with Crippen LogP contribution in [0.4, 0.5) is 23.5 Å². The lowest BCUT2D eigenvalue weighted by Gasteiger charge is -2.23. The fraction of sp³-hybridized carbons (Fsp3) is 0.412. The van der Waals surface area contributed by atoms with E-state index in [1.54, 1.807) is 0 Å². The number of alkyl halides is 3. The molecule has 2 atom stereocenters. The van der Waals surface area contributed by atoms with Gasteiger partial charge >= 0.3 is 6.18 Å². The molecular weight excluding hydrogens is 394 g/mol. The van der Waals surface area contributed by atoms with Crippen LogP contribution in [0.2, 0.25) is 0 Å². The van der Waals surface area contributed by atoms with E-state index in [0.29, 0.717) is 0 Å². The van der Waals surface area contributed by atoms with E-state index in [9.17, 15) is 22.7 Å². The second kappa shape index (κ2) is 7.52. The van der Waals surface area contributed by atoms with Crippen LogP contribution in [0.3, 0.4) is 0 Å². The number of anilines is 1. The lowest BCUT2D eigenvalue weighted by atomic mass is 10.1. The molecule has 0 spiro atoms. The summed E-state index contributed by atoms with van der Waals surface area (Å²) in [4.78, 5) is 15.8. The van der Waals surface area contributed by atoms with Crippen molar-refractivity contribution in [1.82, 2.24) is 29.7 Å². The van der Waals surface area contributed by atoms with Gasteiger partial charge in [0.05, 0.1) is 30.0 Å². The van der Waals surface area contributed by atoms with Crippen LogP contribution in [-0.2, 0) is 0 Å². The standard InChI is InChI=1S/C17H17F4N7O/c18-10-5-25-16(26-9-2-1-3-22-4-9)27-14(10)12-6-24-13-7-23-11(8-28(12)13)15(29)17(19,20)21/h5-9,15,22,29H,1-4H2,(H,25,26,27).